The molecular weight excluding hydrogens is 231 g/mol. The highest BCUT2D eigenvalue weighted by atomic mass is 19.1. The largest absolute Gasteiger partial charge is 0.462 e. The number of hydrogen-bond donors (Lipinski definition) is 0. The average molecular weight is 238 g/mol. The maximum atomic E-state index is 13.5. The fourth-order valence-electron chi connectivity index (χ4n) is 1.15. The number of ether oxygens (including phenoxy) is 1. The molecule has 88 valence electrons. The lowest BCUT2D eigenvalue weighted by Crippen LogP contribution is -2.09. The summed E-state index contributed by atoms with van der Waals surface area (Å²) >= 11 is 0. The highest BCUT2D eigenvalue weighted by molar-refractivity contribution is 5.91. The van der Waals surface area contributed by atoms with Crippen LogP contribution in [-0.2, 0) is 4.74 Å². The fourth-order valence-corrected chi connectivity index (χ4v) is 1.15. The van der Waals surface area contributed by atoms with E-state index in [0.717, 1.165) is 12.1 Å². The summed E-state index contributed by atoms with van der Waals surface area (Å²) in [4.78, 5) is 21.0. The maximum absolute atomic E-state index is 13.5. The van der Waals surface area contributed by atoms with E-state index in [-0.39, 0.29) is 6.61 Å². The summed E-state index contributed by atoms with van der Waals surface area (Å²) in [6.45, 7) is 1.52. The van der Waals surface area contributed by atoms with Crippen molar-refractivity contribution in [3.8, 4) is 6.07 Å². The Hall–Kier alpha value is -2.49. The highest BCUT2D eigenvalue weighted by Gasteiger charge is 2.22. The molecule has 7 heteroatoms. The third-order valence-corrected chi connectivity index (χ3v) is 1.88. The van der Waals surface area contributed by atoms with E-state index >= 15 is 0 Å². The van der Waals surface area contributed by atoms with E-state index in [0.29, 0.717) is 0 Å². The zero-order chi connectivity index (χ0) is 13.0. The number of carbonyl (C=O) groups excluding carboxylic acids is 1. The zero-order valence-corrected chi connectivity index (χ0v) is 8.77. The summed E-state index contributed by atoms with van der Waals surface area (Å²) in [7, 11) is 0. The molecule has 0 bridgehead atoms. The molecule has 1 aromatic carbocycles. The monoisotopic (exact) mass is 238 g/mol. The van der Waals surface area contributed by atoms with E-state index < -0.39 is 33.5 Å². The van der Waals surface area contributed by atoms with Crippen molar-refractivity contribution < 1.29 is 18.8 Å². The van der Waals surface area contributed by atoms with Gasteiger partial charge in [0.05, 0.1) is 17.1 Å². The van der Waals surface area contributed by atoms with Crippen molar-refractivity contribution in [2.75, 3.05) is 6.61 Å². The van der Waals surface area contributed by atoms with Gasteiger partial charge in [-0.2, -0.15) is 5.26 Å². The van der Waals surface area contributed by atoms with Gasteiger partial charge in [0.2, 0.25) is 0 Å². The number of nitrogens with zero attached hydrogens (tertiary/aromatic N) is 2. The van der Waals surface area contributed by atoms with Crippen molar-refractivity contribution in [1.29, 1.82) is 5.26 Å². The molecule has 0 fully saturated rings. The van der Waals surface area contributed by atoms with E-state index in [1.807, 2.05) is 0 Å². The van der Waals surface area contributed by atoms with Crippen LogP contribution in [0.5, 0.6) is 0 Å². The molecule has 0 radical (unpaired) electrons. The van der Waals surface area contributed by atoms with Crippen LogP contribution in [0.4, 0.5) is 10.1 Å². The summed E-state index contributed by atoms with van der Waals surface area (Å²) < 4.78 is 18.1. The minimum atomic E-state index is -1.11. The SMILES string of the molecule is CCOC(=O)c1cc([N+](=O)[O-])cc(C#N)c1F. The predicted molar refractivity (Wildman–Crippen MR) is 53.7 cm³/mol. The Bertz CT molecular complexity index is 522. The molecule has 0 saturated carbocycles. The van der Waals surface area contributed by atoms with Crippen LogP contribution in [0.2, 0.25) is 0 Å². The first-order valence-electron chi connectivity index (χ1n) is 4.56. The number of nitro benzene ring substituents is 1. The Morgan fingerprint density at radius 2 is 2.29 bits per heavy atom. The third kappa shape index (κ3) is 2.55. The summed E-state index contributed by atoms with van der Waals surface area (Å²) in [6.07, 6.45) is 0. The first-order valence-corrected chi connectivity index (χ1v) is 4.56. The van der Waals surface area contributed by atoms with E-state index in [1.54, 1.807) is 0 Å². The van der Waals surface area contributed by atoms with Gasteiger partial charge in [-0.05, 0) is 6.92 Å². The van der Waals surface area contributed by atoms with Crippen LogP contribution in [0.1, 0.15) is 22.8 Å². The topological polar surface area (TPSA) is 93.2 Å². The maximum Gasteiger partial charge on any atom is 0.341 e. The van der Waals surface area contributed by atoms with Gasteiger partial charge in [-0.15, -0.1) is 0 Å². The Morgan fingerprint density at radius 3 is 2.76 bits per heavy atom. The molecule has 0 aliphatic carbocycles. The van der Waals surface area contributed by atoms with Crippen LogP contribution in [0.15, 0.2) is 12.1 Å². The Labute approximate surface area is 95.4 Å². The number of hydrogen-bond acceptors (Lipinski definition) is 5. The molecule has 0 spiro atoms. The molecule has 0 aromatic heterocycles. The number of esters is 1. The number of nitro groups is 1. The van der Waals surface area contributed by atoms with Crippen molar-refractivity contribution in [1.82, 2.24) is 0 Å². The second-order valence-electron chi connectivity index (χ2n) is 2.94. The van der Waals surface area contributed by atoms with Gasteiger partial charge in [0, 0.05) is 12.1 Å². The number of carbonyl (C=O) groups is 1. The van der Waals surface area contributed by atoms with Gasteiger partial charge in [-0.25, -0.2) is 9.18 Å². The molecule has 0 aliphatic rings. The minimum absolute atomic E-state index is 0.00283. The van der Waals surface area contributed by atoms with Gasteiger partial charge in [0.25, 0.3) is 5.69 Å². The average Bonchev–Trinajstić information content (AvgIpc) is 2.29. The molecule has 0 unspecified atom stereocenters. The molecule has 6 nitrogen and oxygen atoms in total. The van der Waals surface area contributed by atoms with Crippen molar-refractivity contribution in [2.24, 2.45) is 0 Å². The van der Waals surface area contributed by atoms with Crippen LogP contribution >= 0.6 is 0 Å². The van der Waals surface area contributed by atoms with Crippen LogP contribution in [0.25, 0.3) is 0 Å². The fraction of sp³-hybridized carbons (Fsp3) is 0.200. The second kappa shape index (κ2) is 5.03. The molecule has 0 aliphatic heterocycles. The first kappa shape index (κ1) is 12.6. The molecule has 0 N–H and O–H groups in total. The molecule has 0 saturated heterocycles. The molecule has 17 heavy (non-hydrogen) atoms. The minimum Gasteiger partial charge on any atom is -0.462 e. The van der Waals surface area contributed by atoms with Crippen LogP contribution in [-0.4, -0.2) is 17.5 Å². The van der Waals surface area contributed by atoms with E-state index in [4.69, 9.17) is 5.26 Å². The van der Waals surface area contributed by atoms with Gasteiger partial charge in [0.1, 0.15) is 11.6 Å². The van der Waals surface area contributed by atoms with Crippen LogP contribution in [0.3, 0.4) is 0 Å². The Balaban J connectivity index is 3.38. The summed E-state index contributed by atoms with van der Waals surface area (Å²) in [6, 6.07) is 2.95. The predicted octanol–water partition coefficient (Wildman–Crippen LogP) is 1.78. The van der Waals surface area contributed by atoms with Gasteiger partial charge >= 0.3 is 5.97 Å². The lowest BCUT2D eigenvalue weighted by Gasteiger charge is -2.04. The third-order valence-electron chi connectivity index (χ3n) is 1.88. The Kier molecular flexibility index (Phi) is 3.72. The smallest absolute Gasteiger partial charge is 0.341 e. The Morgan fingerprint density at radius 1 is 1.65 bits per heavy atom. The van der Waals surface area contributed by atoms with E-state index in [1.165, 1.54) is 13.0 Å². The molecule has 1 aromatic rings. The number of rotatable bonds is 3. The lowest BCUT2D eigenvalue weighted by atomic mass is 10.1. The molecule has 0 heterocycles. The molecule has 0 amide bonds. The van der Waals surface area contributed by atoms with Gasteiger partial charge in [0.15, 0.2) is 5.82 Å². The molecule has 0 atom stereocenters. The van der Waals surface area contributed by atoms with Crippen molar-refractivity contribution >= 4 is 11.7 Å². The van der Waals surface area contributed by atoms with Crippen molar-refractivity contribution in [3.63, 3.8) is 0 Å². The number of non-ortho nitro benzene ring substituents is 1. The van der Waals surface area contributed by atoms with Crippen molar-refractivity contribution in [2.45, 2.75) is 6.92 Å². The van der Waals surface area contributed by atoms with E-state index in [9.17, 15) is 19.3 Å². The number of nitriles is 1. The quantitative estimate of drug-likeness (QED) is 0.454. The van der Waals surface area contributed by atoms with E-state index in [2.05, 4.69) is 4.74 Å². The van der Waals surface area contributed by atoms with Crippen LogP contribution < -0.4 is 0 Å². The van der Waals surface area contributed by atoms with Gasteiger partial charge in [-0.3, -0.25) is 10.1 Å². The highest BCUT2D eigenvalue weighted by Crippen LogP contribution is 2.21. The summed E-state index contributed by atoms with van der Waals surface area (Å²) in [5.74, 6) is -2.15. The van der Waals surface area contributed by atoms with Gasteiger partial charge in [-0.1, -0.05) is 0 Å². The summed E-state index contributed by atoms with van der Waals surface area (Å²) in [5.41, 5.74) is -1.72. The second-order valence-corrected chi connectivity index (χ2v) is 2.94. The van der Waals surface area contributed by atoms with Gasteiger partial charge < -0.3 is 4.74 Å². The standard InChI is InChI=1S/C10H7FN2O4/c1-2-17-10(14)8-4-7(13(15)16)3-6(5-12)9(8)11/h3-4H,2H2,1H3. The number of benzene rings is 1. The molecule has 1 rings (SSSR count). The normalized spacial score (nSPS) is 9.47. The van der Waals surface area contributed by atoms with Crippen molar-refractivity contribution in [3.05, 3.63) is 39.2 Å². The number of halogens is 1. The first-order chi connectivity index (χ1) is 8.01. The van der Waals surface area contributed by atoms with Crippen LogP contribution in [0, 0.1) is 27.3 Å². The lowest BCUT2D eigenvalue weighted by molar-refractivity contribution is -0.385. The molecular formula is C10H7FN2O4. The summed E-state index contributed by atoms with van der Waals surface area (Å²) in [5, 5.41) is 19.1. The zero-order valence-electron chi connectivity index (χ0n) is 8.77.